The van der Waals surface area contributed by atoms with E-state index in [0.29, 0.717) is 0 Å². The molecule has 3 rings (SSSR count). The first-order valence-corrected chi connectivity index (χ1v) is 5.33. The van der Waals surface area contributed by atoms with Crippen molar-refractivity contribution in [1.29, 1.82) is 0 Å². The number of imidazole rings is 1. The van der Waals surface area contributed by atoms with E-state index in [2.05, 4.69) is 22.5 Å². The molecule has 0 bridgehead atoms. The topological polar surface area (TPSA) is 27.1 Å². The molecule has 2 aromatic rings. The van der Waals surface area contributed by atoms with Crippen LogP contribution in [0.4, 0.5) is 0 Å². The van der Waals surface area contributed by atoms with Crippen LogP contribution in [0.15, 0.2) is 12.1 Å². The van der Waals surface area contributed by atoms with Crippen molar-refractivity contribution < 1.29 is 4.74 Å². The molecule has 0 N–H and O–H groups in total. The van der Waals surface area contributed by atoms with Crippen molar-refractivity contribution in [3.8, 4) is 5.75 Å². The van der Waals surface area contributed by atoms with Gasteiger partial charge in [-0.15, -0.1) is 12.4 Å². The van der Waals surface area contributed by atoms with Gasteiger partial charge in [0, 0.05) is 12.6 Å². The van der Waals surface area contributed by atoms with Crippen molar-refractivity contribution >= 4 is 23.4 Å². The predicted molar refractivity (Wildman–Crippen MR) is 66.6 cm³/mol. The van der Waals surface area contributed by atoms with E-state index in [0.717, 1.165) is 30.1 Å². The number of aryl methyl sites for hydroxylation is 3. The molecule has 2 heterocycles. The van der Waals surface area contributed by atoms with Gasteiger partial charge in [0.2, 0.25) is 0 Å². The van der Waals surface area contributed by atoms with E-state index in [1.807, 2.05) is 6.07 Å². The zero-order chi connectivity index (χ0) is 10.4. The van der Waals surface area contributed by atoms with Crippen LogP contribution in [-0.2, 0) is 13.0 Å². The Kier molecular flexibility index (Phi) is 2.80. The fourth-order valence-electron chi connectivity index (χ4n) is 2.45. The number of aromatic nitrogens is 2. The SMILES string of the molecule is COc1cc2c3c(c1)nc(C)n3CCC2.Cl. The number of benzene rings is 1. The van der Waals surface area contributed by atoms with Gasteiger partial charge in [0.15, 0.2) is 0 Å². The van der Waals surface area contributed by atoms with Gasteiger partial charge in [0.1, 0.15) is 11.6 Å². The van der Waals surface area contributed by atoms with Gasteiger partial charge in [-0.05, 0) is 31.4 Å². The Morgan fingerprint density at radius 3 is 2.94 bits per heavy atom. The van der Waals surface area contributed by atoms with Gasteiger partial charge >= 0.3 is 0 Å². The van der Waals surface area contributed by atoms with Crippen LogP contribution in [-0.4, -0.2) is 16.7 Å². The number of ether oxygens (including phenoxy) is 1. The summed E-state index contributed by atoms with van der Waals surface area (Å²) in [6.45, 7) is 3.17. The minimum absolute atomic E-state index is 0. The highest BCUT2D eigenvalue weighted by molar-refractivity contribution is 5.85. The maximum Gasteiger partial charge on any atom is 0.121 e. The third-order valence-electron chi connectivity index (χ3n) is 3.15. The maximum absolute atomic E-state index is 5.29. The summed E-state index contributed by atoms with van der Waals surface area (Å²) in [6.07, 6.45) is 2.34. The Morgan fingerprint density at radius 1 is 1.38 bits per heavy atom. The third kappa shape index (κ3) is 1.47. The lowest BCUT2D eigenvalue weighted by Crippen LogP contribution is -2.08. The second kappa shape index (κ2) is 3.98. The Bertz CT molecular complexity index is 533. The summed E-state index contributed by atoms with van der Waals surface area (Å²) in [7, 11) is 1.71. The molecule has 1 aromatic heterocycles. The van der Waals surface area contributed by atoms with E-state index in [1.54, 1.807) is 7.11 Å². The monoisotopic (exact) mass is 238 g/mol. The van der Waals surface area contributed by atoms with E-state index < -0.39 is 0 Å². The van der Waals surface area contributed by atoms with Crippen LogP contribution < -0.4 is 4.74 Å². The van der Waals surface area contributed by atoms with Crippen molar-refractivity contribution in [3.63, 3.8) is 0 Å². The minimum Gasteiger partial charge on any atom is -0.497 e. The average molecular weight is 239 g/mol. The number of halogens is 1. The van der Waals surface area contributed by atoms with E-state index >= 15 is 0 Å². The van der Waals surface area contributed by atoms with Gasteiger partial charge in [-0.3, -0.25) is 0 Å². The molecule has 0 aliphatic carbocycles. The summed E-state index contributed by atoms with van der Waals surface area (Å²) in [5.74, 6) is 2.03. The lowest BCUT2D eigenvalue weighted by atomic mass is 10.0. The predicted octanol–water partition coefficient (Wildman–Crippen LogP) is 2.72. The van der Waals surface area contributed by atoms with Crippen LogP contribution in [0.1, 0.15) is 17.8 Å². The second-order valence-corrected chi connectivity index (χ2v) is 4.07. The largest absolute Gasteiger partial charge is 0.497 e. The van der Waals surface area contributed by atoms with Gasteiger partial charge in [-0.2, -0.15) is 0 Å². The number of nitrogens with zero attached hydrogens (tertiary/aromatic N) is 2. The fraction of sp³-hybridized carbons (Fsp3) is 0.417. The first kappa shape index (κ1) is 11.3. The Balaban J connectivity index is 0.000000963. The van der Waals surface area contributed by atoms with Gasteiger partial charge in [-0.1, -0.05) is 0 Å². The molecule has 3 nitrogen and oxygen atoms in total. The van der Waals surface area contributed by atoms with Crippen LogP contribution >= 0.6 is 12.4 Å². The van der Waals surface area contributed by atoms with Crippen LogP contribution in [0.2, 0.25) is 0 Å². The highest BCUT2D eigenvalue weighted by Crippen LogP contribution is 2.30. The molecule has 4 heteroatoms. The van der Waals surface area contributed by atoms with Crippen molar-refractivity contribution in [3.05, 3.63) is 23.5 Å². The van der Waals surface area contributed by atoms with Crippen LogP contribution in [0.5, 0.6) is 5.75 Å². The minimum atomic E-state index is 0. The molecule has 0 radical (unpaired) electrons. The molecule has 0 spiro atoms. The summed E-state index contributed by atoms with van der Waals surface area (Å²) in [5.41, 5.74) is 3.75. The Morgan fingerprint density at radius 2 is 2.19 bits per heavy atom. The smallest absolute Gasteiger partial charge is 0.121 e. The maximum atomic E-state index is 5.29. The van der Waals surface area contributed by atoms with Crippen LogP contribution in [0.25, 0.3) is 11.0 Å². The van der Waals surface area contributed by atoms with Gasteiger partial charge in [0.25, 0.3) is 0 Å². The molecule has 16 heavy (non-hydrogen) atoms. The molecular weight excluding hydrogens is 224 g/mol. The van der Waals surface area contributed by atoms with E-state index in [1.165, 1.54) is 17.5 Å². The molecule has 0 saturated carbocycles. The van der Waals surface area contributed by atoms with Crippen LogP contribution in [0, 0.1) is 6.92 Å². The molecule has 1 aliphatic heterocycles. The highest BCUT2D eigenvalue weighted by Gasteiger charge is 2.16. The molecule has 0 saturated heterocycles. The number of rotatable bonds is 1. The van der Waals surface area contributed by atoms with Gasteiger partial charge < -0.3 is 9.30 Å². The normalized spacial score (nSPS) is 13.6. The van der Waals surface area contributed by atoms with Crippen molar-refractivity contribution in [1.82, 2.24) is 9.55 Å². The lowest BCUT2D eigenvalue weighted by molar-refractivity contribution is 0.414. The van der Waals surface area contributed by atoms with E-state index in [4.69, 9.17) is 4.74 Å². The second-order valence-electron chi connectivity index (χ2n) is 4.07. The molecule has 0 amide bonds. The standard InChI is InChI=1S/C12H14N2O.ClH/c1-8-13-11-7-10(15-2)6-9-4-3-5-14(8)12(9)11;/h6-7H,3-5H2,1-2H3;1H. The van der Waals surface area contributed by atoms with E-state index in [-0.39, 0.29) is 12.4 Å². The van der Waals surface area contributed by atoms with Crippen molar-refractivity contribution in [2.24, 2.45) is 0 Å². The molecule has 0 atom stereocenters. The summed E-state index contributed by atoms with van der Waals surface area (Å²) in [4.78, 5) is 4.58. The third-order valence-corrected chi connectivity index (χ3v) is 3.15. The first-order chi connectivity index (χ1) is 7.29. The Labute approximate surface area is 101 Å². The van der Waals surface area contributed by atoms with Gasteiger partial charge in [-0.25, -0.2) is 4.98 Å². The fourth-order valence-corrected chi connectivity index (χ4v) is 2.45. The summed E-state index contributed by atoms with van der Waals surface area (Å²) in [6, 6.07) is 4.16. The molecule has 0 fully saturated rings. The molecular formula is C12H15ClN2O. The van der Waals surface area contributed by atoms with Gasteiger partial charge in [0.05, 0.1) is 18.1 Å². The van der Waals surface area contributed by atoms with Crippen LogP contribution in [0.3, 0.4) is 0 Å². The Hall–Kier alpha value is -1.22. The number of hydrogen-bond donors (Lipinski definition) is 0. The van der Waals surface area contributed by atoms with Crippen molar-refractivity contribution in [2.45, 2.75) is 26.3 Å². The molecule has 1 aromatic carbocycles. The lowest BCUT2D eigenvalue weighted by Gasteiger charge is -2.16. The highest BCUT2D eigenvalue weighted by atomic mass is 35.5. The quantitative estimate of drug-likeness (QED) is 0.764. The molecule has 86 valence electrons. The number of methoxy groups -OCH3 is 1. The zero-order valence-corrected chi connectivity index (χ0v) is 10.3. The summed E-state index contributed by atoms with van der Waals surface area (Å²) in [5, 5.41) is 0. The average Bonchev–Trinajstić information content (AvgIpc) is 2.58. The molecule has 0 unspecified atom stereocenters. The van der Waals surface area contributed by atoms with E-state index in [9.17, 15) is 0 Å². The summed E-state index contributed by atoms with van der Waals surface area (Å²) >= 11 is 0. The summed E-state index contributed by atoms with van der Waals surface area (Å²) < 4.78 is 7.60. The van der Waals surface area contributed by atoms with Crippen molar-refractivity contribution in [2.75, 3.05) is 7.11 Å². The molecule has 1 aliphatic rings. The number of hydrogen-bond acceptors (Lipinski definition) is 2. The first-order valence-electron chi connectivity index (χ1n) is 5.33. The zero-order valence-electron chi connectivity index (χ0n) is 9.49.